The highest BCUT2D eigenvalue weighted by molar-refractivity contribution is 7.80. The summed E-state index contributed by atoms with van der Waals surface area (Å²) in [4.78, 5) is 11.2. The zero-order valence-electron chi connectivity index (χ0n) is 8.40. The number of anilines is 1. The fourth-order valence-electron chi connectivity index (χ4n) is 1.01. The van der Waals surface area contributed by atoms with E-state index in [0.29, 0.717) is 18.2 Å². The molecule has 0 saturated heterocycles. The van der Waals surface area contributed by atoms with E-state index in [2.05, 4.69) is 23.0 Å². The number of rotatable bonds is 4. The third kappa shape index (κ3) is 3.06. The molecule has 0 aromatic carbocycles. The quantitative estimate of drug-likeness (QED) is 0.748. The number of carbonyl (C=O) groups is 1. The molecule has 0 unspecified atom stereocenters. The summed E-state index contributed by atoms with van der Waals surface area (Å²) in [6.45, 7) is 4.07. The molecule has 0 atom stereocenters. The standard InChI is InChI=1S/C9H15N3OS/c1-7(2)12-6-8(5-10-12)11-9(13)3-4-14/h5-7,14H,3-4H2,1-2H3,(H,11,13). The molecule has 0 fully saturated rings. The van der Waals surface area contributed by atoms with Crippen molar-refractivity contribution in [2.75, 3.05) is 11.1 Å². The van der Waals surface area contributed by atoms with E-state index in [1.807, 2.05) is 20.0 Å². The van der Waals surface area contributed by atoms with E-state index in [1.165, 1.54) is 0 Å². The lowest BCUT2D eigenvalue weighted by Gasteiger charge is -2.03. The third-order valence-electron chi connectivity index (χ3n) is 1.75. The molecule has 0 bridgehead atoms. The molecule has 0 saturated carbocycles. The van der Waals surface area contributed by atoms with E-state index in [9.17, 15) is 4.79 Å². The Morgan fingerprint density at radius 3 is 2.93 bits per heavy atom. The van der Waals surface area contributed by atoms with Gasteiger partial charge in [-0.05, 0) is 19.6 Å². The van der Waals surface area contributed by atoms with Crippen LogP contribution in [0.3, 0.4) is 0 Å². The van der Waals surface area contributed by atoms with Gasteiger partial charge in [0.1, 0.15) is 0 Å². The fraction of sp³-hybridized carbons (Fsp3) is 0.556. The molecule has 1 aromatic heterocycles. The lowest BCUT2D eigenvalue weighted by atomic mass is 10.4. The van der Waals surface area contributed by atoms with Crippen molar-refractivity contribution in [3.63, 3.8) is 0 Å². The van der Waals surface area contributed by atoms with Gasteiger partial charge in [0, 0.05) is 18.7 Å². The van der Waals surface area contributed by atoms with Crippen LogP contribution in [0.1, 0.15) is 26.3 Å². The predicted octanol–water partition coefficient (Wildman–Crippen LogP) is 1.72. The van der Waals surface area contributed by atoms with Crippen LogP contribution in [0.4, 0.5) is 5.69 Å². The van der Waals surface area contributed by atoms with Crippen LogP contribution >= 0.6 is 12.6 Å². The van der Waals surface area contributed by atoms with Crippen LogP contribution < -0.4 is 5.32 Å². The summed E-state index contributed by atoms with van der Waals surface area (Å²) >= 11 is 3.98. The smallest absolute Gasteiger partial charge is 0.225 e. The Hall–Kier alpha value is -0.970. The van der Waals surface area contributed by atoms with Crippen molar-refractivity contribution in [2.24, 2.45) is 0 Å². The fourth-order valence-corrected chi connectivity index (χ4v) is 1.21. The average molecular weight is 213 g/mol. The Bertz CT molecular complexity index is 309. The summed E-state index contributed by atoms with van der Waals surface area (Å²) in [5.74, 6) is 0.535. The van der Waals surface area contributed by atoms with Crippen molar-refractivity contribution in [3.8, 4) is 0 Å². The molecule has 14 heavy (non-hydrogen) atoms. The number of carbonyl (C=O) groups excluding carboxylic acids is 1. The van der Waals surface area contributed by atoms with Crippen LogP contribution in [0.5, 0.6) is 0 Å². The van der Waals surface area contributed by atoms with Crippen molar-refractivity contribution in [1.82, 2.24) is 9.78 Å². The van der Waals surface area contributed by atoms with Crippen LogP contribution in [0, 0.1) is 0 Å². The van der Waals surface area contributed by atoms with Crippen LogP contribution in [0.2, 0.25) is 0 Å². The van der Waals surface area contributed by atoms with E-state index in [-0.39, 0.29) is 5.91 Å². The molecular weight excluding hydrogens is 198 g/mol. The minimum atomic E-state index is -0.0247. The van der Waals surface area contributed by atoms with Gasteiger partial charge in [-0.1, -0.05) is 0 Å². The first-order chi connectivity index (χ1) is 6.63. The van der Waals surface area contributed by atoms with E-state index in [0.717, 1.165) is 5.69 Å². The maximum Gasteiger partial charge on any atom is 0.225 e. The van der Waals surface area contributed by atoms with Gasteiger partial charge in [-0.2, -0.15) is 17.7 Å². The molecule has 1 N–H and O–H groups in total. The van der Waals surface area contributed by atoms with Gasteiger partial charge >= 0.3 is 0 Å². The van der Waals surface area contributed by atoms with Gasteiger partial charge in [-0.3, -0.25) is 9.48 Å². The number of hydrogen-bond donors (Lipinski definition) is 2. The second-order valence-corrected chi connectivity index (χ2v) is 3.77. The first kappa shape index (κ1) is 11.1. The predicted molar refractivity (Wildman–Crippen MR) is 59.7 cm³/mol. The van der Waals surface area contributed by atoms with Gasteiger partial charge < -0.3 is 5.32 Å². The molecule has 1 heterocycles. The highest BCUT2D eigenvalue weighted by Crippen LogP contribution is 2.09. The zero-order chi connectivity index (χ0) is 10.6. The molecule has 0 aliphatic heterocycles. The number of nitrogens with zero attached hydrogens (tertiary/aromatic N) is 2. The number of amides is 1. The molecule has 1 amide bonds. The monoisotopic (exact) mass is 213 g/mol. The second-order valence-electron chi connectivity index (χ2n) is 3.32. The maximum absolute atomic E-state index is 11.2. The summed E-state index contributed by atoms with van der Waals surface area (Å²) < 4.78 is 1.80. The Kier molecular flexibility index (Phi) is 4.00. The maximum atomic E-state index is 11.2. The second kappa shape index (κ2) is 5.05. The van der Waals surface area contributed by atoms with Gasteiger partial charge in [-0.25, -0.2) is 0 Å². The lowest BCUT2D eigenvalue weighted by molar-refractivity contribution is -0.115. The molecule has 1 rings (SSSR count). The summed E-state index contributed by atoms with van der Waals surface area (Å²) in [7, 11) is 0. The number of aromatic nitrogens is 2. The summed E-state index contributed by atoms with van der Waals surface area (Å²) in [5, 5.41) is 6.86. The number of hydrogen-bond acceptors (Lipinski definition) is 3. The Labute approximate surface area is 89.1 Å². The van der Waals surface area contributed by atoms with Gasteiger partial charge in [0.2, 0.25) is 5.91 Å². The van der Waals surface area contributed by atoms with Crippen molar-refractivity contribution in [3.05, 3.63) is 12.4 Å². The normalized spacial score (nSPS) is 10.6. The summed E-state index contributed by atoms with van der Waals surface area (Å²) in [5.41, 5.74) is 0.741. The summed E-state index contributed by atoms with van der Waals surface area (Å²) in [6, 6.07) is 0.311. The van der Waals surface area contributed by atoms with E-state index < -0.39 is 0 Å². The van der Waals surface area contributed by atoms with Crippen LogP contribution in [0.25, 0.3) is 0 Å². The Morgan fingerprint density at radius 1 is 1.71 bits per heavy atom. The lowest BCUT2D eigenvalue weighted by Crippen LogP contribution is -2.11. The Balaban J connectivity index is 2.55. The van der Waals surface area contributed by atoms with Crippen LogP contribution in [-0.4, -0.2) is 21.4 Å². The molecule has 0 radical (unpaired) electrons. The Morgan fingerprint density at radius 2 is 2.43 bits per heavy atom. The van der Waals surface area contributed by atoms with Crippen LogP contribution in [0.15, 0.2) is 12.4 Å². The zero-order valence-corrected chi connectivity index (χ0v) is 9.29. The number of thiol groups is 1. The molecule has 0 aliphatic rings. The molecule has 1 aromatic rings. The van der Waals surface area contributed by atoms with Gasteiger partial charge in [0.25, 0.3) is 0 Å². The minimum Gasteiger partial charge on any atom is -0.323 e. The van der Waals surface area contributed by atoms with E-state index in [4.69, 9.17) is 0 Å². The molecule has 78 valence electrons. The molecule has 4 nitrogen and oxygen atoms in total. The number of nitrogens with one attached hydrogen (secondary N) is 1. The molecule has 5 heteroatoms. The molecule has 0 spiro atoms. The van der Waals surface area contributed by atoms with E-state index in [1.54, 1.807) is 10.9 Å². The van der Waals surface area contributed by atoms with Crippen molar-refractivity contribution in [1.29, 1.82) is 0 Å². The van der Waals surface area contributed by atoms with E-state index >= 15 is 0 Å². The topological polar surface area (TPSA) is 46.9 Å². The minimum absolute atomic E-state index is 0.0247. The van der Waals surface area contributed by atoms with Gasteiger partial charge in [-0.15, -0.1) is 0 Å². The SMILES string of the molecule is CC(C)n1cc(NC(=O)CCS)cn1. The highest BCUT2D eigenvalue weighted by Gasteiger charge is 2.04. The first-order valence-corrected chi connectivity index (χ1v) is 5.21. The molecular formula is C9H15N3OS. The van der Waals surface area contributed by atoms with Gasteiger partial charge in [0.05, 0.1) is 11.9 Å². The van der Waals surface area contributed by atoms with Crippen molar-refractivity contribution < 1.29 is 4.79 Å². The molecule has 0 aliphatic carbocycles. The highest BCUT2D eigenvalue weighted by atomic mass is 32.1. The third-order valence-corrected chi connectivity index (χ3v) is 1.98. The summed E-state index contributed by atoms with van der Waals surface area (Å²) in [6.07, 6.45) is 3.90. The average Bonchev–Trinajstić information content (AvgIpc) is 2.53. The largest absolute Gasteiger partial charge is 0.323 e. The van der Waals surface area contributed by atoms with Crippen molar-refractivity contribution in [2.45, 2.75) is 26.3 Å². The first-order valence-electron chi connectivity index (χ1n) is 4.58. The van der Waals surface area contributed by atoms with Crippen LogP contribution in [-0.2, 0) is 4.79 Å². The van der Waals surface area contributed by atoms with Crippen molar-refractivity contribution >= 4 is 24.2 Å². The van der Waals surface area contributed by atoms with Gasteiger partial charge in [0.15, 0.2) is 0 Å².